The predicted octanol–water partition coefficient (Wildman–Crippen LogP) is 6.74. The fourth-order valence-corrected chi connectivity index (χ4v) is 4.60. The van der Waals surface area contributed by atoms with Gasteiger partial charge in [0.1, 0.15) is 17.2 Å². The van der Waals surface area contributed by atoms with Crippen LogP contribution in [0.25, 0.3) is 0 Å². The number of aryl methyl sites for hydroxylation is 2. The summed E-state index contributed by atoms with van der Waals surface area (Å²) in [6, 6.07) is 12.8. The molecule has 0 saturated heterocycles. The summed E-state index contributed by atoms with van der Waals surface area (Å²) in [4.78, 5) is 36.7. The second-order valence-electron chi connectivity index (χ2n) is 8.48. The molecule has 0 spiro atoms. The van der Waals surface area contributed by atoms with Crippen LogP contribution in [0.2, 0.25) is 10.0 Å². The van der Waals surface area contributed by atoms with E-state index in [1.54, 1.807) is 57.2 Å². The van der Waals surface area contributed by atoms with Crippen molar-refractivity contribution in [1.82, 2.24) is 0 Å². The third-order valence-corrected chi connectivity index (χ3v) is 6.36. The zero-order valence-electron chi connectivity index (χ0n) is 21.4. The number of phenolic OH excluding ortho intramolecular Hbond substituents is 1. The van der Waals surface area contributed by atoms with E-state index in [9.17, 15) is 19.5 Å². The van der Waals surface area contributed by atoms with Gasteiger partial charge in [-0.15, -0.1) is 0 Å². The van der Waals surface area contributed by atoms with E-state index < -0.39 is 17.8 Å². The number of ether oxygens (including phenoxy) is 2. The van der Waals surface area contributed by atoms with Crippen LogP contribution < -0.4 is 15.4 Å². The summed E-state index contributed by atoms with van der Waals surface area (Å²) in [5.41, 5.74) is 2.45. The maximum atomic E-state index is 13.1. The fraction of sp³-hybridized carbons (Fsp3) is 0.250. The molecule has 10 heteroatoms. The Balaban J connectivity index is 1.81. The number of hydrogen-bond donors (Lipinski definition) is 3. The molecule has 0 saturated carbocycles. The van der Waals surface area contributed by atoms with Crippen LogP contribution in [0.5, 0.6) is 17.2 Å². The van der Waals surface area contributed by atoms with Crippen LogP contribution in [0.1, 0.15) is 42.9 Å². The van der Waals surface area contributed by atoms with Gasteiger partial charge in [0.2, 0.25) is 5.91 Å². The van der Waals surface area contributed by atoms with Crippen molar-refractivity contribution in [3.8, 4) is 17.2 Å². The van der Waals surface area contributed by atoms with Gasteiger partial charge in [0, 0.05) is 27.4 Å². The lowest BCUT2D eigenvalue weighted by molar-refractivity contribution is -0.152. The molecule has 0 heterocycles. The number of amides is 2. The first kappa shape index (κ1) is 28.8. The first-order valence-corrected chi connectivity index (χ1v) is 12.7. The number of rotatable bonds is 8. The SMILES string of the molecule is CCOC(=O)C(=O)Nc1cc(C)c(Oc2ccc(O)c(NC(=O)C(CC)c3c(Cl)cccc3Cl)c2)c(C)c1. The van der Waals surface area contributed by atoms with Gasteiger partial charge in [-0.3, -0.25) is 9.59 Å². The molecule has 0 bridgehead atoms. The van der Waals surface area contributed by atoms with Crippen molar-refractivity contribution < 1.29 is 29.0 Å². The van der Waals surface area contributed by atoms with Crippen molar-refractivity contribution >= 4 is 52.4 Å². The van der Waals surface area contributed by atoms with Crippen LogP contribution >= 0.6 is 23.2 Å². The molecule has 3 rings (SSSR count). The molecular weight excluding hydrogens is 531 g/mol. The lowest BCUT2D eigenvalue weighted by Gasteiger charge is -2.19. The van der Waals surface area contributed by atoms with Gasteiger partial charge in [-0.05, 0) is 74.7 Å². The molecule has 1 atom stereocenters. The molecule has 2 amide bonds. The molecular formula is C28H28Cl2N2O6. The van der Waals surface area contributed by atoms with Gasteiger partial charge in [-0.2, -0.15) is 0 Å². The molecule has 0 aliphatic carbocycles. The summed E-state index contributed by atoms with van der Waals surface area (Å²) in [6.07, 6.45) is 0.434. The summed E-state index contributed by atoms with van der Waals surface area (Å²) in [5.74, 6) is -2.14. The summed E-state index contributed by atoms with van der Waals surface area (Å²) in [6.45, 7) is 7.12. The lowest BCUT2D eigenvalue weighted by Crippen LogP contribution is -2.25. The molecule has 0 fully saturated rings. The lowest BCUT2D eigenvalue weighted by atomic mass is 9.95. The Morgan fingerprint density at radius 3 is 2.16 bits per heavy atom. The number of hydrogen-bond acceptors (Lipinski definition) is 6. The molecule has 3 aromatic carbocycles. The molecule has 200 valence electrons. The standard InChI is InChI=1S/C28H28Cl2N2O6/c1-5-19(24-20(29)8-7-9-21(24)30)26(34)32-22-14-18(10-11-23(22)33)38-25-15(3)12-17(13-16(25)4)31-27(35)28(36)37-6-2/h7-14,19,33H,5-6H2,1-4H3,(H,31,35)(H,32,34). The van der Waals surface area contributed by atoms with Crippen molar-refractivity contribution in [2.45, 2.75) is 40.0 Å². The number of benzene rings is 3. The number of carbonyl (C=O) groups is 3. The molecule has 0 aliphatic rings. The van der Waals surface area contributed by atoms with Crippen molar-refractivity contribution in [2.75, 3.05) is 17.2 Å². The highest BCUT2D eigenvalue weighted by atomic mass is 35.5. The van der Waals surface area contributed by atoms with Gasteiger partial charge in [0.25, 0.3) is 0 Å². The topological polar surface area (TPSA) is 114 Å². The summed E-state index contributed by atoms with van der Waals surface area (Å²) >= 11 is 12.6. The molecule has 0 radical (unpaired) electrons. The Hall–Kier alpha value is -3.75. The Labute approximate surface area is 230 Å². The van der Waals surface area contributed by atoms with Gasteiger partial charge in [-0.25, -0.2) is 4.79 Å². The fourth-order valence-electron chi connectivity index (χ4n) is 3.94. The third-order valence-electron chi connectivity index (χ3n) is 5.70. The zero-order valence-corrected chi connectivity index (χ0v) is 22.9. The van der Waals surface area contributed by atoms with Gasteiger partial charge >= 0.3 is 11.9 Å². The quantitative estimate of drug-likeness (QED) is 0.160. The number of anilines is 2. The summed E-state index contributed by atoms with van der Waals surface area (Å²) in [7, 11) is 0. The van der Waals surface area contributed by atoms with E-state index in [1.165, 1.54) is 12.1 Å². The van der Waals surface area contributed by atoms with Gasteiger partial charge < -0.3 is 25.2 Å². The zero-order chi connectivity index (χ0) is 28.0. The van der Waals surface area contributed by atoms with E-state index in [-0.39, 0.29) is 24.0 Å². The normalized spacial score (nSPS) is 11.4. The molecule has 0 aliphatic heterocycles. The van der Waals surface area contributed by atoms with E-state index in [0.717, 1.165) is 0 Å². The van der Waals surface area contributed by atoms with Crippen LogP contribution in [0.15, 0.2) is 48.5 Å². The van der Waals surface area contributed by atoms with Crippen molar-refractivity contribution in [3.63, 3.8) is 0 Å². The van der Waals surface area contributed by atoms with Crippen LogP contribution in [0.3, 0.4) is 0 Å². The highest BCUT2D eigenvalue weighted by Crippen LogP contribution is 2.37. The van der Waals surface area contributed by atoms with Gasteiger partial charge in [0.05, 0.1) is 18.2 Å². The second-order valence-corrected chi connectivity index (χ2v) is 9.29. The van der Waals surface area contributed by atoms with Crippen molar-refractivity contribution in [1.29, 1.82) is 0 Å². The molecule has 3 aromatic rings. The Morgan fingerprint density at radius 1 is 0.947 bits per heavy atom. The Morgan fingerprint density at radius 2 is 1.58 bits per heavy atom. The van der Waals surface area contributed by atoms with Crippen LogP contribution in [0.4, 0.5) is 11.4 Å². The largest absolute Gasteiger partial charge is 0.506 e. The van der Waals surface area contributed by atoms with Crippen LogP contribution in [0, 0.1) is 13.8 Å². The van der Waals surface area contributed by atoms with Crippen LogP contribution in [-0.4, -0.2) is 29.5 Å². The number of carbonyl (C=O) groups excluding carboxylic acids is 3. The number of nitrogens with one attached hydrogen (secondary N) is 2. The summed E-state index contributed by atoms with van der Waals surface area (Å²) < 4.78 is 10.8. The van der Waals surface area contributed by atoms with E-state index in [2.05, 4.69) is 10.6 Å². The Kier molecular flexibility index (Phi) is 9.61. The molecule has 3 N–H and O–H groups in total. The van der Waals surface area contributed by atoms with Gasteiger partial charge in [0.15, 0.2) is 0 Å². The van der Waals surface area contributed by atoms with E-state index >= 15 is 0 Å². The number of aromatic hydroxyl groups is 1. The van der Waals surface area contributed by atoms with Crippen molar-refractivity contribution in [2.24, 2.45) is 0 Å². The van der Waals surface area contributed by atoms with E-state index in [1.807, 2.05) is 6.92 Å². The molecule has 8 nitrogen and oxygen atoms in total. The monoisotopic (exact) mass is 558 g/mol. The average molecular weight is 559 g/mol. The minimum absolute atomic E-state index is 0.0962. The molecule has 1 unspecified atom stereocenters. The average Bonchev–Trinajstić information content (AvgIpc) is 2.85. The Bertz CT molecular complexity index is 1330. The third kappa shape index (κ3) is 6.76. The van der Waals surface area contributed by atoms with Gasteiger partial charge in [-0.1, -0.05) is 36.2 Å². The first-order valence-electron chi connectivity index (χ1n) is 11.9. The predicted molar refractivity (Wildman–Crippen MR) is 147 cm³/mol. The first-order chi connectivity index (χ1) is 18.0. The van der Waals surface area contributed by atoms with Crippen molar-refractivity contribution in [3.05, 3.63) is 75.3 Å². The number of phenols is 1. The maximum absolute atomic E-state index is 13.1. The van der Waals surface area contributed by atoms with E-state index in [4.69, 9.17) is 32.7 Å². The smallest absolute Gasteiger partial charge is 0.397 e. The second kappa shape index (κ2) is 12.7. The molecule has 0 aromatic heterocycles. The number of halogens is 2. The van der Waals surface area contributed by atoms with Crippen LogP contribution in [-0.2, 0) is 19.1 Å². The maximum Gasteiger partial charge on any atom is 0.397 e. The number of esters is 1. The molecule has 38 heavy (non-hydrogen) atoms. The minimum atomic E-state index is -0.969. The summed E-state index contributed by atoms with van der Waals surface area (Å²) in [5, 5.41) is 16.4. The minimum Gasteiger partial charge on any atom is -0.506 e. The highest BCUT2D eigenvalue weighted by Gasteiger charge is 2.25. The highest BCUT2D eigenvalue weighted by molar-refractivity contribution is 6.37. The van der Waals surface area contributed by atoms with E-state index in [0.29, 0.717) is 50.3 Å².